The first-order valence-corrected chi connectivity index (χ1v) is 4.88. The van der Waals surface area contributed by atoms with E-state index in [1.54, 1.807) is 5.57 Å². The zero-order valence-corrected chi connectivity index (χ0v) is 8.72. The van der Waals surface area contributed by atoms with Gasteiger partial charge in [-0.3, -0.25) is 0 Å². The monoisotopic (exact) mass is 164 g/mol. The van der Waals surface area contributed by atoms with Crippen molar-refractivity contribution in [3.05, 3.63) is 23.8 Å². The summed E-state index contributed by atoms with van der Waals surface area (Å²) >= 11 is 0. The van der Waals surface area contributed by atoms with E-state index in [2.05, 4.69) is 45.9 Å². The highest BCUT2D eigenvalue weighted by atomic mass is 14.3. The molecule has 0 heteroatoms. The van der Waals surface area contributed by atoms with E-state index in [0.717, 1.165) is 5.92 Å². The maximum absolute atomic E-state index is 2.35. The lowest BCUT2D eigenvalue weighted by Gasteiger charge is -2.28. The first-order valence-electron chi connectivity index (χ1n) is 4.88. The van der Waals surface area contributed by atoms with Gasteiger partial charge in [-0.15, -0.1) is 0 Å². The SMILES string of the molecule is CC(C)CC(C)(C)C1=CC=CC1. The summed E-state index contributed by atoms with van der Waals surface area (Å²) in [5.74, 6) is 0.793. The fourth-order valence-corrected chi connectivity index (χ4v) is 2.10. The molecule has 0 atom stereocenters. The van der Waals surface area contributed by atoms with Crippen LogP contribution in [0.3, 0.4) is 0 Å². The van der Waals surface area contributed by atoms with Crippen molar-refractivity contribution in [3.63, 3.8) is 0 Å². The van der Waals surface area contributed by atoms with Crippen LogP contribution in [0.5, 0.6) is 0 Å². The fourth-order valence-electron chi connectivity index (χ4n) is 2.10. The van der Waals surface area contributed by atoms with Gasteiger partial charge in [-0.1, -0.05) is 51.5 Å². The smallest absolute Gasteiger partial charge is 0.0127 e. The second-order valence-corrected chi connectivity index (χ2v) is 4.81. The van der Waals surface area contributed by atoms with Gasteiger partial charge in [-0.25, -0.2) is 0 Å². The lowest BCUT2D eigenvalue weighted by molar-refractivity contribution is 0.341. The van der Waals surface area contributed by atoms with E-state index in [1.807, 2.05) is 0 Å². The molecule has 12 heavy (non-hydrogen) atoms. The van der Waals surface area contributed by atoms with Crippen molar-refractivity contribution in [2.45, 2.75) is 40.5 Å². The van der Waals surface area contributed by atoms with Crippen LogP contribution in [-0.2, 0) is 0 Å². The second-order valence-electron chi connectivity index (χ2n) is 4.81. The molecule has 0 radical (unpaired) electrons. The zero-order valence-electron chi connectivity index (χ0n) is 8.72. The maximum atomic E-state index is 2.35. The molecule has 0 spiro atoms. The number of hydrogen-bond donors (Lipinski definition) is 0. The maximum Gasteiger partial charge on any atom is -0.0127 e. The van der Waals surface area contributed by atoms with Gasteiger partial charge in [-0.2, -0.15) is 0 Å². The van der Waals surface area contributed by atoms with E-state index in [4.69, 9.17) is 0 Å². The first-order chi connectivity index (χ1) is 5.52. The molecule has 0 N–H and O–H groups in total. The van der Waals surface area contributed by atoms with Gasteiger partial charge in [-0.05, 0) is 24.2 Å². The Labute approximate surface area is 76.4 Å². The molecule has 0 heterocycles. The third kappa shape index (κ3) is 2.23. The van der Waals surface area contributed by atoms with Gasteiger partial charge in [0, 0.05) is 0 Å². The van der Waals surface area contributed by atoms with E-state index in [-0.39, 0.29) is 0 Å². The highest BCUT2D eigenvalue weighted by Crippen LogP contribution is 2.37. The zero-order chi connectivity index (χ0) is 9.19. The lowest BCUT2D eigenvalue weighted by atomic mass is 9.77. The number of rotatable bonds is 3. The molecule has 0 aromatic rings. The van der Waals surface area contributed by atoms with E-state index < -0.39 is 0 Å². The standard InChI is InChI=1S/C12H20/c1-10(2)9-12(3,4)11-7-5-6-8-11/h5-7,10H,8-9H2,1-4H3. The summed E-state index contributed by atoms with van der Waals surface area (Å²) in [5.41, 5.74) is 1.99. The Morgan fingerprint density at radius 3 is 2.50 bits per heavy atom. The molecule has 1 aliphatic carbocycles. The van der Waals surface area contributed by atoms with E-state index >= 15 is 0 Å². The van der Waals surface area contributed by atoms with Crippen LogP contribution < -0.4 is 0 Å². The molecule has 0 aromatic heterocycles. The van der Waals surface area contributed by atoms with Crippen molar-refractivity contribution in [3.8, 4) is 0 Å². The van der Waals surface area contributed by atoms with Crippen molar-refractivity contribution in [2.75, 3.05) is 0 Å². The van der Waals surface area contributed by atoms with Gasteiger partial charge in [0.2, 0.25) is 0 Å². The van der Waals surface area contributed by atoms with E-state index in [1.165, 1.54) is 12.8 Å². The van der Waals surface area contributed by atoms with E-state index in [9.17, 15) is 0 Å². The third-order valence-electron chi connectivity index (χ3n) is 2.56. The van der Waals surface area contributed by atoms with E-state index in [0.29, 0.717) is 5.41 Å². The van der Waals surface area contributed by atoms with Crippen LogP contribution in [0, 0.1) is 11.3 Å². The Hall–Kier alpha value is -0.520. The van der Waals surface area contributed by atoms with Crippen molar-refractivity contribution in [2.24, 2.45) is 11.3 Å². The Morgan fingerprint density at radius 2 is 2.08 bits per heavy atom. The summed E-state index contributed by atoms with van der Waals surface area (Å²) in [6.07, 6.45) is 9.16. The van der Waals surface area contributed by atoms with Crippen molar-refractivity contribution in [1.82, 2.24) is 0 Å². The summed E-state index contributed by atoms with van der Waals surface area (Å²) in [7, 11) is 0. The van der Waals surface area contributed by atoms with Crippen LogP contribution in [0.25, 0.3) is 0 Å². The van der Waals surface area contributed by atoms with Gasteiger partial charge in [0.25, 0.3) is 0 Å². The normalized spacial score (nSPS) is 17.2. The number of allylic oxidation sites excluding steroid dienone is 4. The summed E-state index contributed by atoms with van der Waals surface area (Å²) < 4.78 is 0. The highest BCUT2D eigenvalue weighted by Gasteiger charge is 2.24. The van der Waals surface area contributed by atoms with Crippen LogP contribution in [0.15, 0.2) is 23.8 Å². The van der Waals surface area contributed by atoms with Crippen LogP contribution in [0.1, 0.15) is 40.5 Å². The molecular weight excluding hydrogens is 144 g/mol. The third-order valence-corrected chi connectivity index (χ3v) is 2.56. The van der Waals surface area contributed by atoms with Gasteiger partial charge in [0.1, 0.15) is 0 Å². The minimum absolute atomic E-state index is 0.400. The Morgan fingerprint density at radius 1 is 1.42 bits per heavy atom. The highest BCUT2D eigenvalue weighted by molar-refractivity contribution is 5.27. The average molecular weight is 164 g/mol. The number of hydrogen-bond acceptors (Lipinski definition) is 0. The Bertz CT molecular complexity index is 204. The minimum atomic E-state index is 0.400. The van der Waals surface area contributed by atoms with Crippen LogP contribution in [0.2, 0.25) is 0 Å². The first kappa shape index (κ1) is 9.57. The quantitative estimate of drug-likeness (QED) is 0.592. The predicted molar refractivity (Wildman–Crippen MR) is 55.1 cm³/mol. The molecule has 0 amide bonds. The largest absolute Gasteiger partial charge is 0.0804 e. The van der Waals surface area contributed by atoms with Gasteiger partial charge in [0.15, 0.2) is 0 Å². The summed E-state index contributed by atoms with van der Waals surface area (Å²) in [4.78, 5) is 0. The molecular formula is C12H20. The summed E-state index contributed by atoms with van der Waals surface area (Å²) in [5, 5.41) is 0. The van der Waals surface area contributed by atoms with Gasteiger partial charge >= 0.3 is 0 Å². The fraction of sp³-hybridized carbons (Fsp3) is 0.667. The molecule has 68 valence electrons. The topological polar surface area (TPSA) is 0 Å². The summed E-state index contributed by atoms with van der Waals surface area (Å²) in [6, 6.07) is 0. The Kier molecular flexibility index (Phi) is 2.76. The molecule has 0 aromatic carbocycles. The average Bonchev–Trinajstić information content (AvgIpc) is 2.32. The molecule has 0 saturated heterocycles. The molecule has 0 nitrogen and oxygen atoms in total. The second kappa shape index (κ2) is 3.47. The lowest BCUT2D eigenvalue weighted by Crippen LogP contribution is -2.16. The van der Waals surface area contributed by atoms with Gasteiger partial charge in [0.05, 0.1) is 0 Å². The van der Waals surface area contributed by atoms with Crippen LogP contribution in [0.4, 0.5) is 0 Å². The van der Waals surface area contributed by atoms with Crippen LogP contribution in [-0.4, -0.2) is 0 Å². The van der Waals surface area contributed by atoms with Crippen molar-refractivity contribution < 1.29 is 0 Å². The summed E-state index contributed by atoms with van der Waals surface area (Å²) in [6.45, 7) is 9.30. The van der Waals surface area contributed by atoms with Crippen molar-refractivity contribution >= 4 is 0 Å². The van der Waals surface area contributed by atoms with Gasteiger partial charge < -0.3 is 0 Å². The molecule has 0 aliphatic heterocycles. The molecule has 0 bridgehead atoms. The van der Waals surface area contributed by atoms with Crippen LogP contribution >= 0.6 is 0 Å². The molecule has 0 fully saturated rings. The predicted octanol–water partition coefficient (Wildman–Crippen LogP) is 3.95. The molecule has 0 unspecified atom stereocenters. The molecule has 1 aliphatic rings. The minimum Gasteiger partial charge on any atom is -0.0804 e. The Balaban J connectivity index is 2.59. The molecule has 1 rings (SSSR count). The van der Waals surface area contributed by atoms with Crippen molar-refractivity contribution in [1.29, 1.82) is 0 Å². The molecule has 0 saturated carbocycles.